The molecule has 0 heterocycles. The summed E-state index contributed by atoms with van der Waals surface area (Å²) in [6.07, 6.45) is -0.370. The van der Waals surface area contributed by atoms with Gasteiger partial charge >= 0.3 is 12.1 Å². The van der Waals surface area contributed by atoms with Crippen molar-refractivity contribution in [3.05, 3.63) is 0 Å². The topological polar surface area (TPSA) is 78.9 Å². The van der Waals surface area contributed by atoms with E-state index in [1.807, 2.05) is 19.0 Å². The van der Waals surface area contributed by atoms with Crippen molar-refractivity contribution >= 4 is 12.1 Å². The lowest BCUT2D eigenvalue weighted by atomic mass is 10.2. The molecule has 0 bridgehead atoms. The van der Waals surface area contributed by atoms with Gasteiger partial charge in [0.15, 0.2) is 0 Å². The molecule has 1 atom stereocenters. The first kappa shape index (κ1) is 15.7. The van der Waals surface area contributed by atoms with Gasteiger partial charge in [-0.25, -0.2) is 9.59 Å². The van der Waals surface area contributed by atoms with E-state index < -0.39 is 23.7 Å². The fourth-order valence-electron chi connectivity index (χ4n) is 1.09. The van der Waals surface area contributed by atoms with Crippen molar-refractivity contribution in [1.29, 1.82) is 0 Å². The van der Waals surface area contributed by atoms with Crippen LogP contribution in [0.25, 0.3) is 0 Å². The summed E-state index contributed by atoms with van der Waals surface area (Å²) >= 11 is 0. The predicted octanol–water partition coefficient (Wildman–Crippen LogP) is 0.916. The van der Waals surface area contributed by atoms with Crippen LogP contribution < -0.4 is 5.32 Å². The Morgan fingerprint density at radius 2 is 1.88 bits per heavy atom. The van der Waals surface area contributed by atoms with E-state index in [2.05, 4.69) is 5.32 Å². The second-order valence-corrected chi connectivity index (χ2v) is 5.13. The van der Waals surface area contributed by atoms with E-state index in [9.17, 15) is 9.59 Å². The number of carboxylic acid groups (broad SMARTS) is 1. The molecular weight excluding hydrogens is 224 g/mol. The van der Waals surface area contributed by atoms with Crippen LogP contribution in [0.3, 0.4) is 0 Å². The van der Waals surface area contributed by atoms with E-state index in [1.165, 1.54) is 0 Å². The third-order valence-electron chi connectivity index (χ3n) is 1.85. The molecule has 0 saturated heterocycles. The molecule has 0 aromatic carbocycles. The van der Waals surface area contributed by atoms with Crippen LogP contribution in [0.2, 0.25) is 0 Å². The number of alkyl carbamates (subject to hydrolysis) is 1. The normalized spacial score (nSPS) is 13.3. The van der Waals surface area contributed by atoms with Gasteiger partial charge in [0.1, 0.15) is 11.6 Å². The van der Waals surface area contributed by atoms with Gasteiger partial charge < -0.3 is 20.1 Å². The number of nitrogens with zero attached hydrogens (tertiary/aromatic N) is 1. The van der Waals surface area contributed by atoms with E-state index in [4.69, 9.17) is 9.84 Å². The molecule has 2 N–H and O–H groups in total. The Hall–Kier alpha value is -1.30. The maximum atomic E-state index is 11.4. The Morgan fingerprint density at radius 1 is 1.35 bits per heavy atom. The van der Waals surface area contributed by atoms with Crippen LogP contribution >= 0.6 is 0 Å². The standard InChI is InChI=1S/C11H22N2O4/c1-11(2,3)17-10(16)12-8(9(14)15)6-7-13(4)5/h8H,6-7H2,1-5H3,(H,12,16)(H,14,15)/t8-/m0/s1. The molecule has 0 aromatic rings. The third-order valence-corrected chi connectivity index (χ3v) is 1.85. The first-order chi connectivity index (χ1) is 7.61. The van der Waals surface area contributed by atoms with Crippen LogP contribution in [0.15, 0.2) is 0 Å². The molecule has 6 heteroatoms. The molecule has 0 rings (SSSR count). The lowest BCUT2D eigenvalue weighted by Gasteiger charge is -2.22. The van der Waals surface area contributed by atoms with E-state index in [0.717, 1.165) is 0 Å². The van der Waals surface area contributed by atoms with Gasteiger partial charge in [-0.1, -0.05) is 0 Å². The molecule has 0 unspecified atom stereocenters. The molecule has 0 aromatic heterocycles. The number of aliphatic carboxylic acids is 1. The molecule has 0 radical (unpaired) electrons. The van der Waals surface area contributed by atoms with Gasteiger partial charge in [-0.2, -0.15) is 0 Å². The van der Waals surface area contributed by atoms with Crippen molar-refractivity contribution in [1.82, 2.24) is 10.2 Å². The zero-order valence-electron chi connectivity index (χ0n) is 11.1. The van der Waals surface area contributed by atoms with Gasteiger partial charge in [0, 0.05) is 6.54 Å². The van der Waals surface area contributed by atoms with Gasteiger partial charge in [0.05, 0.1) is 0 Å². The van der Waals surface area contributed by atoms with Crippen LogP contribution in [0.5, 0.6) is 0 Å². The maximum Gasteiger partial charge on any atom is 0.408 e. The van der Waals surface area contributed by atoms with Crippen LogP contribution in [-0.4, -0.2) is 54.4 Å². The van der Waals surface area contributed by atoms with E-state index in [-0.39, 0.29) is 0 Å². The highest BCUT2D eigenvalue weighted by atomic mass is 16.6. The number of carbonyl (C=O) groups excluding carboxylic acids is 1. The molecule has 0 aliphatic heterocycles. The number of rotatable bonds is 5. The van der Waals surface area contributed by atoms with Crippen LogP contribution in [0.1, 0.15) is 27.2 Å². The highest BCUT2D eigenvalue weighted by molar-refractivity contribution is 5.79. The van der Waals surface area contributed by atoms with Crippen molar-refractivity contribution < 1.29 is 19.4 Å². The Kier molecular flexibility index (Phi) is 5.95. The zero-order chi connectivity index (χ0) is 13.6. The fraction of sp³-hybridized carbons (Fsp3) is 0.818. The average Bonchev–Trinajstić information content (AvgIpc) is 2.08. The lowest BCUT2D eigenvalue weighted by molar-refractivity contribution is -0.139. The summed E-state index contributed by atoms with van der Waals surface area (Å²) in [5.41, 5.74) is -0.630. The molecule has 1 amide bonds. The van der Waals surface area contributed by atoms with Crippen LogP contribution in [0, 0.1) is 0 Å². The number of carboxylic acids is 1. The smallest absolute Gasteiger partial charge is 0.408 e. The second kappa shape index (κ2) is 6.44. The minimum atomic E-state index is -1.06. The SMILES string of the molecule is CN(C)CC[C@H](NC(=O)OC(C)(C)C)C(=O)O. The minimum Gasteiger partial charge on any atom is -0.480 e. The molecule has 0 spiro atoms. The summed E-state index contributed by atoms with van der Waals surface area (Å²) < 4.78 is 5.00. The Bertz CT molecular complexity index is 271. The Morgan fingerprint density at radius 3 is 2.24 bits per heavy atom. The quantitative estimate of drug-likeness (QED) is 0.754. The summed E-state index contributed by atoms with van der Waals surface area (Å²) in [6.45, 7) is 5.75. The average molecular weight is 246 g/mol. The lowest BCUT2D eigenvalue weighted by Crippen LogP contribution is -2.44. The highest BCUT2D eigenvalue weighted by Gasteiger charge is 2.23. The van der Waals surface area contributed by atoms with Gasteiger partial charge in [-0.3, -0.25) is 0 Å². The second-order valence-electron chi connectivity index (χ2n) is 5.13. The van der Waals surface area contributed by atoms with Gasteiger partial charge in [-0.15, -0.1) is 0 Å². The number of hydrogen-bond donors (Lipinski definition) is 2. The Balaban J connectivity index is 4.26. The van der Waals surface area contributed by atoms with Crippen molar-refractivity contribution in [2.45, 2.75) is 38.8 Å². The first-order valence-electron chi connectivity index (χ1n) is 5.49. The number of nitrogens with one attached hydrogen (secondary N) is 1. The molecule has 0 aliphatic carbocycles. The molecule has 0 fully saturated rings. The number of carbonyl (C=O) groups is 2. The highest BCUT2D eigenvalue weighted by Crippen LogP contribution is 2.07. The number of amides is 1. The molecule has 100 valence electrons. The third kappa shape index (κ3) is 8.50. The molecule has 6 nitrogen and oxygen atoms in total. The van der Waals surface area contributed by atoms with Gasteiger partial charge in [-0.05, 0) is 41.3 Å². The van der Waals surface area contributed by atoms with Crippen molar-refractivity contribution in [3.8, 4) is 0 Å². The summed E-state index contributed by atoms with van der Waals surface area (Å²) in [7, 11) is 3.68. The van der Waals surface area contributed by atoms with Crippen LogP contribution in [-0.2, 0) is 9.53 Å². The van der Waals surface area contributed by atoms with E-state index in [1.54, 1.807) is 20.8 Å². The molecular formula is C11H22N2O4. The van der Waals surface area contributed by atoms with Gasteiger partial charge in [0.25, 0.3) is 0 Å². The Labute approximate surface area is 102 Å². The molecule has 0 aliphatic rings. The molecule has 0 saturated carbocycles. The summed E-state index contributed by atoms with van der Waals surface area (Å²) in [6, 6.07) is -0.924. The number of hydrogen-bond acceptors (Lipinski definition) is 4. The summed E-state index contributed by atoms with van der Waals surface area (Å²) in [4.78, 5) is 24.2. The predicted molar refractivity (Wildman–Crippen MR) is 64.0 cm³/mol. The van der Waals surface area contributed by atoms with E-state index in [0.29, 0.717) is 13.0 Å². The molecule has 17 heavy (non-hydrogen) atoms. The van der Waals surface area contributed by atoms with Gasteiger partial charge in [0.2, 0.25) is 0 Å². The van der Waals surface area contributed by atoms with E-state index >= 15 is 0 Å². The largest absolute Gasteiger partial charge is 0.480 e. The van der Waals surface area contributed by atoms with Crippen molar-refractivity contribution in [3.63, 3.8) is 0 Å². The first-order valence-corrected chi connectivity index (χ1v) is 5.49. The van der Waals surface area contributed by atoms with Crippen molar-refractivity contribution in [2.75, 3.05) is 20.6 Å². The maximum absolute atomic E-state index is 11.4. The van der Waals surface area contributed by atoms with Crippen molar-refractivity contribution in [2.24, 2.45) is 0 Å². The fourth-order valence-corrected chi connectivity index (χ4v) is 1.09. The zero-order valence-corrected chi connectivity index (χ0v) is 11.1. The summed E-state index contributed by atoms with van der Waals surface area (Å²) in [5, 5.41) is 11.3. The van der Waals surface area contributed by atoms with Crippen LogP contribution in [0.4, 0.5) is 4.79 Å². The monoisotopic (exact) mass is 246 g/mol. The summed E-state index contributed by atoms with van der Waals surface area (Å²) in [5.74, 6) is -1.06. The minimum absolute atomic E-state index is 0.335. The number of ether oxygens (including phenoxy) is 1.